The molecule has 2 heteroatoms. The van der Waals surface area contributed by atoms with E-state index in [2.05, 4.69) is 6.58 Å². The van der Waals surface area contributed by atoms with E-state index >= 15 is 0 Å². The van der Waals surface area contributed by atoms with Gasteiger partial charge in [0.2, 0.25) is 0 Å². The number of aliphatic hydroxyl groups excluding tert-OH is 1. The van der Waals surface area contributed by atoms with Gasteiger partial charge in [-0.05, 0) is 24.1 Å². The van der Waals surface area contributed by atoms with Crippen molar-refractivity contribution in [2.75, 3.05) is 0 Å². The van der Waals surface area contributed by atoms with E-state index in [1.165, 1.54) is 12.1 Å². The molecule has 0 fully saturated rings. The lowest BCUT2D eigenvalue weighted by molar-refractivity contribution is 0.129. The van der Waals surface area contributed by atoms with Crippen LogP contribution in [0.15, 0.2) is 36.9 Å². The fourth-order valence-corrected chi connectivity index (χ4v) is 1.43. The summed E-state index contributed by atoms with van der Waals surface area (Å²) in [5.74, 6) is -0.256. The van der Waals surface area contributed by atoms with Gasteiger partial charge in [0.25, 0.3) is 0 Å². The fourth-order valence-electron chi connectivity index (χ4n) is 1.43. The predicted octanol–water partition coefficient (Wildman–Crippen LogP) is 3.07. The molecule has 0 aromatic heterocycles. The summed E-state index contributed by atoms with van der Waals surface area (Å²) < 4.78 is 12.6. The molecular formula is C12H15FO. The molecular weight excluding hydrogens is 179 g/mol. The van der Waals surface area contributed by atoms with E-state index in [0.717, 1.165) is 12.0 Å². The highest BCUT2D eigenvalue weighted by Gasteiger charge is 2.15. The van der Waals surface area contributed by atoms with E-state index in [1.807, 2.05) is 6.92 Å². The molecule has 14 heavy (non-hydrogen) atoms. The van der Waals surface area contributed by atoms with E-state index in [9.17, 15) is 9.50 Å². The summed E-state index contributed by atoms with van der Waals surface area (Å²) in [6.45, 7) is 5.65. The normalized spacial score (nSPS) is 14.8. The monoisotopic (exact) mass is 194 g/mol. The van der Waals surface area contributed by atoms with Crippen molar-refractivity contribution in [3.63, 3.8) is 0 Å². The van der Waals surface area contributed by atoms with Crippen LogP contribution in [0, 0.1) is 11.7 Å². The molecule has 1 aromatic carbocycles. The molecule has 1 nitrogen and oxygen atoms in total. The minimum Gasteiger partial charge on any atom is -0.388 e. The third-order valence-corrected chi connectivity index (χ3v) is 2.39. The number of benzene rings is 1. The number of hydrogen-bond donors (Lipinski definition) is 1. The van der Waals surface area contributed by atoms with Crippen molar-refractivity contribution < 1.29 is 9.50 Å². The predicted molar refractivity (Wildman–Crippen MR) is 55.3 cm³/mol. The van der Waals surface area contributed by atoms with Crippen molar-refractivity contribution in [1.82, 2.24) is 0 Å². The number of hydrogen-bond acceptors (Lipinski definition) is 1. The molecule has 76 valence electrons. The molecule has 0 saturated heterocycles. The minimum atomic E-state index is -0.585. The molecule has 0 amide bonds. The van der Waals surface area contributed by atoms with Crippen LogP contribution in [-0.2, 0) is 0 Å². The summed E-state index contributed by atoms with van der Waals surface area (Å²) in [4.78, 5) is 0. The Morgan fingerprint density at radius 3 is 2.43 bits per heavy atom. The first kappa shape index (κ1) is 10.9. The summed E-state index contributed by atoms with van der Waals surface area (Å²) in [6, 6.07) is 5.92. The Morgan fingerprint density at radius 1 is 1.43 bits per heavy atom. The summed E-state index contributed by atoms with van der Waals surface area (Å²) >= 11 is 0. The lowest BCUT2D eigenvalue weighted by Crippen LogP contribution is -2.08. The number of aliphatic hydroxyl groups is 1. The minimum absolute atomic E-state index is 0.0282. The summed E-state index contributed by atoms with van der Waals surface area (Å²) in [5.41, 5.74) is 0.734. The first-order chi connectivity index (χ1) is 6.69. The van der Waals surface area contributed by atoms with Crippen molar-refractivity contribution in [2.24, 2.45) is 5.92 Å². The van der Waals surface area contributed by atoms with E-state index in [1.54, 1.807) is 18.2 Å². The van der Waals surface area contributed by atoms with Crippen LogP contribution in [0.1, 0.15) is 25.0 Å². The maximum atomic E-state index is 12.6. The Labute approximate surface area is 83.9 Å². The maximum absolute atomic E-state index is 12.6. The van der Waals surface area contributed by atoms with Crippen molar-refractivity contribution in [3.05, 3.63) is 48.3 Å². The Kier molecular flexibility index (Phi) is 3.84. The number of halogens is 1. The van der Waals surface area contributed by atoms with Crippen molar-refractivity contribution in [1.29, 1.82) is 0 Å². The molecule has 0 saturated carbocycles. The van der Waals surface area contributed by atoms with Crippen LogP contribution in [0.2, 0.25) is 0 Å². The third-order valence-electron chi connectivity index (χ3n) is 2.39. The molecule has 0 radical (unpaired) electrons. The summed E-state index contributed by atoms with van der Waals surface area (Å²) in [6.07, 6.45) is 1.97. The van der Waals surface area contributed by atoms with Crippen molar-refractivity contribution in [3.8, 4) is 0 Å². The smallest absolute Gasteiger partial charge is 0.123 e. The van der Waals surface area contributed by atoms with Gasteiger partial charge in [-0.25, -0.2) is 4.39 Å². The van der Waals surface area contributed by atoms with Crippen LogP contribution in [-0.4, -0.2) is 5.11 Å². The van der Waals surface area contributed by atoms with Gasteiger partial charge in [-0.3, -0.25) is 0 Å². The highest BCUT2D eigenvalue weighted by molar-refractivity contribution is 5.20. The lowest BCUT2D eigenvalue weighted by Gasteiger charge is -2.18. The van der Waals surface area contributed by atoms with Gasteiger partial charge in [-0.2, -0.15) is 0 Å². The van der Waals surface area contributed by atoms with E-state index in [4.69, 9.17) is 0 Å². The third kappa shape index (κ3) is 2.42. The molecule has 0 spiro atoms. The van der Waals surface area contributed by atoms with Gasteiger partial charge < -0.3 is 5.11 Å². The average Bonchev–Trinajstić information content (AvgIpc) is 2.20. The maximum Gasteiger partial charge on any atom is 0.123 e. The van der Waals surface area contributed by atoms with Gasteiger partial charge in [-0.1, -0.05) is 25.1 Å². The van der Waals surface area contributed by atoms with Gasteiger partial charge in [0.1, 0.15) is 5.82 Å². The molecule has 0 aliphatic carbocycles. The molecule has 0 aliphatic rings. The molecule has 0 bridgehead atoms. The summed E-state index contributed by atoms with van der Waals surface area (Å²) in [5, 5.41) is 9.88. The van der Waals surface area contributed by atoms with Gasteiger partial charge in [0, 0.05) is 5.92 Å². The highest BCUT2D eigenvalue weighted by Crippen LogP contribution is 2.25. The van der Waals surface area contributed by atoms with Crippen LogP contribution in [0.5, 0.6) is 0 Å². The van der Waals surface area contributed by atoms with E-state index in [-0.39, 0.29) is 11.7 Å². The topological polar surface area (TPSA) is 20.2 Å². The molecule has 1 N–H and O–H groups in total. The molecule has 1 rings (SSSR count). The molecule has 0 heterocycles. The fraction of sp³-hybridized carbons (Fsp3) is 0.333. The Bertz CT molecular complexity index is 292. The standard InChI is InChI=1S/C12H15FO/c1-3-9(4-2)12(14)10-5-7-11(13)8-6-10/h3,5-9,12,14H,1,4H2,2H3/t9-,12+/m1/s1. The molecule has 1 aromatic rings. The quantitative estimate of drug-likeness (QED) is 0.730. The van der Waals surface area contributed by atoms with Gasteiger partial charge >= 0.3 is 0 Å². The largest absolute Gasteiger partial charge is 0.388 e. The lowest BCUT2D eigenvalue weighted by atomic mass is 9.94. The first-order valence-corrected chi connectivity index (χ1v) is 4.75. The second kappa shape index (κ2) is 4.91. The molecule has 0 unspecified atom stereocenters. The Hall–Kier alpha value is -1.15. The van der Waals surface area contributed by atoms with Gasteiger partial charge in [0.15, 0.2) is 0 Å². The van der Waals surface area contributed by atoms with Crippen LogP contribution < -0.4 is 0 Å². The molecule has 0 aliphatic heterocycles. The second-order valence-electron chi connectivity index (χ2n) is 3.30. The van der Waals surface area contributed by atoms with Gasteiger partial charge in [0.05, 0.1) is 6.10 Å². The van der Waals surface area contributed by atoms with E-state index in [0.29, 0.717) is 0 Å². The number of rotatable bonds is 4. The Balaban J connectivity index is 2.82. The second-order valence-corrected chi connectivity index (χ2v) is 3.30. The zero-order chi connectivity index (χ0) is 10.6. The van der Waals surface area contributed by atoms with E-state index < -0.39 is 6.10 Å². The van der Waals surface area contributed by atoms with Crippen molar-refractivity contribution in [2.45, 2.75) is 19.4 Å². The van der Waals surface area contributed by atoms with Gasteiger partial charge in [-0.15, -0.1) is 6.58 Å². The SMILES string of the molecule is C=C[C@H](CC)[C@H](O)c1ccc(F)cc1. The first-order valence-electron chi connectivity index (χ1n) is 4.75. The molecule has 2 atom stereocenters. The van der Waals surface area contributed by atoms with Crippen molar-refractivity contribution >= 4 is 0 Å². The Morgan fingerprint density at radius 2 is 2.00 bits per heavy atom. The average molecular weight is 194 g/mol. The van der Waals surface area contributed by atoms with Crippen LogP contribution in [0.25, 0.3) is 0 Å². The summed E-state index contributed by atoms with van der Waals surface area (Å²) in [7, 11) is 0. The van der Waals surface area contributed by atoms with Crippen LogP contribution >= 0.6 is 0 Å². The highest BCUT2D eigenvalue weighted by atomic mass is 19.1. The zero-order valence-corrected chi connectivity index (χ0v) is 8.28. The van der Waals surface area contributed by atoms with Crippen LogP contribution in [0.3, 0.4) is 0 Å². The zero-order valence-electron chi connectivity index (χ0n) is 8.28. The van der Waals surface area contributed by atoms with Crippen LogP contribution in [0.4, 0.5) is 4.39 Å².